The molecular weight excluding hydrogens is 545 g/mol. The zero-order valence-electron chi connectivity index (χ0n) is 21.2. The maximum Gasteiger partial charge on any atom is 0.416 e. The molecule has 0 fully saturated rings. The van der Waals surface area contributed by atoms with Crippen LogP contribution in [-0.4, -0.2) is 35.0 Å². The summed E-state index contributed by atoms with van der Waals surface area (Å²) < 4.78 is 63.4. The highest BCUT2D eigenvalue weighted by Crippen LogP contribution is 2.32. The van der Waals surface area contributed by atoms with Gasteiger partial charge in [-0.25, -0.2) is 23.5 Å². The molecule has 4 N–H and O–H groups in total. The number of benzene rings is 3. The van der Waals surface area contributed by atoms with E-state index in [1.54, 1.807) is 24.4 Å². The van der Waals surface area contributed by atoms with E-state index in [9.17, 15) is 21.6 Å². The lowest BCUT2D eigenvalue weighted by atomic mass is 10.2. The highest BCUT2D eigenvalue weighted by molar-refractivity contribution is 7.89. The van der Waals surface area contributed by atoms with Crippen molar-refractivity contribution >= 4 is 55.8 Å². The first-order chi connectivity index (χ1) is 18.9. The number of primary sulfonamides is 1. The lowest BCUT2D eigenvalue weighted by molar-refractivity contribution is -0.137. The standard InChI is InChI=1S/C26H23F3N8O2S/c1-36(23-13-14-31-24(35-23)32-17-7-10-20(11-8-17)40(30,38)39)19-9-12-22-21(15-19)34-25(37(22)2)33-18-5-3-16(4-6-18)26(27,28)29/h3-15H,1-2H3,(H,33,34)(H2,30,38,39)(H,31,32,35). The van der Waals surface area contributed by atoms with E-state index in [0.717, 1.165) is 23.3 Å². The number of nitrogens with one attached hydrogen (secondary N) is 2. The quantitative estimate of drug-likeness (QED) is 0.242. The van der Waals surface area contributed by atoms with Crippen molar-refractivity contribution in [3.05, 3.63) is 84.6 Å². The minimum absolute atomic E-state index is 0.00455. The van der Waals surface area contributed by atoms with Gasteiger partial charge in [-0.05, 0) is 72.8 Å². The number of aryl methyl sites for hydroxylation is 1. The van der Waals surface area contributed by atoms with Crippen molar-refractivity contribution in [1.82, 2.24) is 19.5 Å². The van der Waals surface area contributed by atoms with Crippen LogP contribution in [0.25, 0.3) is 11.0 Å². The molecule has 2 heterocycles. The van der Waals surface area contributed by atoms with Gasteiger partial charge in [0.2, 0.25) is 21.9 Å². The summed E-state index contributed by atoms with van der Waals surface area (Å²) in [6, 6.07) is 18.0. The lowest BCUT2D eigenvalue weighted by Gasteiger charge is -2.19. The number of hydrogen-bond donors (Lipinski definition) is 3. The Hall–Kier alpha value is -4.69. The molecule has 0 bridgehead atoms. The zero-order valence-corrected chi connectivity index (χ0v) is 22.0. The van der Waals surface area contributed by atoms with E-state index < -0.39 is 21.8 Å². The van der Waals surface area contributed by atoms with Crippen LogP contribution in [0.15, 0.2) is 83.9 Å². The Bertz CT molecular complexity index is 1790. The van der Waals surface area contributed by atoms with Crippen molar-refractivity contribution < 1.29 is 21.6 Å². The van der Waals surface area contributed by atoms with E-state index >= 15 is 0 Å². The average Bonchev–Trinajstić information content (AvgIpc) is 3.22. The largest absolute Gasteiger partial charge is 0.416 e. The minimum atomic E-state index is -4.40. The number of alkyl halides is 3. The van der Waals surface area contributed by atoms with Crippen molar-refractivity contribution in [2.24, 2.45) is 12.2 Å². The van der Waals surface area contributed by atoms with E-state index in [-0.39, 0.29) is 4.90 Å². The molecule has 0 aliphatic rings. The monoisotopic (exact) mass is 568 g/mol. The Labute approximate surface area is 227 Å². The Balaban J connectivity index is 1.35. The van der Waals surface area contributed by atoms with Gasteiger partial charge in [-0.2, -0.15) is 18.2 Å². The molecule has 206 valence electrons. The Morgan fingerprint density at radius 3 is 2.20 bits per heavy atom. The third kappa shape index (κ3) is 5.67. The molecule has 0 unspecified atom stereocenters. The molecule has 0 saturated carbocycles. The van der Waals surface area contributed by atoms with E-state index in [0.29, 0.717) is 34.6 Å². The molecule has 0 aliphatic carbocycles. The fourth-order valence-electron chi connectivity index (χ4n) is 3.97. The van der Waals surface area contributed by atoms with Gasteiger partial charge in [0.1, 0.15) is 5.82 Å². The molecule has 0 saturated heterocycles. The first kappa shape index (κ1) is 26.9. The average molecular weight is 569 g/mol. The van der Waals surface area contributed by atoms with Crippen molar-refractivity contribution in [1.29, 1.82) is 0 Å². The summed E-state index contributed by atoms with van der Waals surface area (Å²) in [4.78, 5) is 15.2. The van der Waals surface area contributed by atoms with Gasteiger partial charge in [0.05, 0.1) is 21.5 Å². The predicted octanol–water partition coefficient (Wildman–Crippen LogP) is 5.28. The molecule has 14 heteroatoms. The van der Waals surface area contributed by atoms with Crippen LogP contribution in [-0.2, 0) is 23.2 Å². The third-order valence-corrected chi connectivity index (χ3v) is 7.07. The van der Waals surface area contributed by atoms with Crippen LogP contribution in [0.1, 0.15) is 5.56 Å². The number of rotatable bonds is 7. The molecule has 0 amide bonds. The number of imidazole rings is 1. The summed E-state index contributed by atoms with van der Waals surface area (Å²) in [5.74, 6) is 1.35. The number of anilines is 6. The summed E-state index contributed by atoms with van der Waals surface area (Å²) in [5, 5.41) is 11.2. The predicted molar refractivity (Wildman–Crippen MR) is 147 cm³/mol. The summed E-state index contributed by atoms with van der Waals surface area (Å²) in [6.45, 7) is 0. The van der Waals surface area contributed by atoms with Crippen LogP contribution in [0.4, 0.5) is 47.9 Å². The number of hydrogen-bond acceptors (Lipinski definition) is 8. The smallest absolute Gasteiger partial charge is 0.329 e. The molecular formula is C26H23F3N8O2S. The van der Waals surface area contributed by atoms with Crippen LogP contribution in [0.3, 0.4) is 0 Å². The normalized spacial score (nSPS) is 11.9. The summed E-state index contributed by atoms with van der Waals surface area (Å²) >= 11 is 0. The Morgan fingerprint density at radius 1 is 0.900 bits per heavy atom. The topological polar surface area (TPSA) is 131 Å². The van der Waals surface area contributed by atoms with Crippen LogP contribution in [0.2, 0.25) is 0 Å². The van der Waals surface area contributed by atoms with Gasteiger partial charge in [0.15, 0.2) is 0 Å². The summed E-state index contributed by atoms with van der Waals surface area (Å²) in [5.41, 5.74) is 2.61. The fraction of sp³-hybridized carbons (Fsp3) is 0.115. The van der Waals surface area contributed by atoms with E-state index in [1.807, 2.05) is 41.8 Å². The Morgan fingerprint density at radius 2 is 1.55 bits per heavy atom. The minimum Gasteiger partial charge on any atom is -0.329 e. The molecule has 10 nitrogen and oxygen atoms in total. The molecule has 40 heavy (non-hydrogen) atoms. The van der Waals surface area contributed by atoms with E-state index in [1.165, 1.54) is 24.3 Å². The molecule has 0 atom stereocenters. The first-order valence-electron chi connectivity index (χ1n) is 11.8. The fourth-order valence-corrected chi connectivity index (χ4v) is 4.48. The second-order valence-corrected chi connectivity index (χ2v) is 10.4. The third-order valence-electron chi connectivity index (χ3n) is 6.14. The molecule has 0 radical (unpaired) electrons. The Kier molecular flexibility index (Phi) is 6.81. The SMILES string of the molecule is CN(c1ccc2c(c1)nc(Nc1ccc(C(F)(F)F)cc1)n2C)c1ccnc(Nc2ccc(S(N)(=O)=O)cc2)n1. The molecule has 5 aromatic rings. The second kappa shape index (κ2) is 10.1. The highest BCUT2D eigenvalue weighted by Gasteiger charge is 2.30. The van der Waals surface area contributed by atoms with Gasteiger partial charge in [-0.1, -0.05) is 0 Å². The lowest BCUT2D eigenvalue weighted by Crippen LogP contribution is -2.13. The van der Waals surface area contributed by atoms with Crippen molar-refractivity contribution in [3.63, 3.8) is 0 Å². The van der Waals surface area contributed by atoms with Crippen LogP contribution in [0.5, 0.6) is 0 Å². The number of sulfonamides is 1. The van der Waals surface area contributed by atoms with Crippen LogP contribution in [0, 0.1) is 0 Å². The van der Waals surface area contributed by atoms with Crippen LogP contribution < -0.4 is 20.7 Å². The highest BCUT2D eigenvalue weighted by atomic mass is 32.2. The van der Waals surface area contributed by atoms with Crippen LogP contribution >= 0.6 is 0 Å². The maximum absolute atomic E-state index is 12.9. The maximum atomic E-state index is 12.9. The number of nitrogens with two attached hydrogens (primary N) is 1. The second-order valence-electron chi connectivity index (χ2n) is 8.86. The molecule has 0 spiro atoms. The molecule has 3 aromatic carbocycles. The summed E-state index contributed by atoms with van der Waals surface area (Å²) in [7, 11) is -0.154. The van der Waals surface area contributed by atoms with Gasteiger partial charge in [-0.3, -0.25) is 0 Å². The van der Waals surface area contributed by atoms with Gasteiger partial charge >= 0.3 is 6.18 Å². The molecule has 5 rings (SSSR count). The van der Waals surface area contributed by atoms with Gasteiger partial charge < -0.3 is 20.1 Å². The number of fused-ring (bicyclic) bond motifs is 1. The van der Waals surface area contributed by atoms with Crippen molar-refractivity contribution in [2.45, 2.75) is 11.1 Å². The van der Waals surface area contributed by atoms with Crippen molar-refractivity contribution in [3.8, 4) is 0 Å². The van der Waals surface area contributed by atoms with Gasteiger partial charge in [0, 0.05) is 37.4 Å². The van der Waals surface area contributed by atoms with E-state index in [2.05, 4.69) is 25.6 Å². The molecule has 0 aliphatic heterocycles. The number of nitrogens with zero attached hydrogens (tertiary/aromatic N) is 5. The van der Waals surface area contributed by atoms with Crippen molar-refractivity contribution in [2.75, 3.05) is 22.6 Å². The van der Waals surface area contributed by atoms with E-state index in [4.69, 9.17) is 5.14 Å². The summed E-state index contributed by atoms with van der Waals surface area (Å²) in [6.07, 6.45) is -2.81. The first-order valence-corrected chi connectivity index (χ1v) is 13.3. The van der Waals surface area contributed by atoms with Gasteiger partial charge in [0.25, 0.3) is 0 Å². The number of aromatic nitrogens is 4. The molecule has 2 aromatic heterocycles. The van der Waals surface area contributed by atoms with Gasteiger partial charge in [-0.15, -0.1) is 0 Å². The number of halogens is 3. The zero-order chi connectivity index (χ0) is 28.7.